The predicted octanol–water partition coefficient (Wildman–Crippen LogP) is 4.79. The average Bonchev–Trinajstić information content (AvgIpc) is 2.41. The van der Waals surface area contributed by atoms with E-state index in [0.29, 0.717) is 26.4 Å². The smallest absolute Gasteiger partial charge is 0.257 e. The van der Waals surface area contributed by atoms with Gasteiger partial charge in [0, 0.05) is 10.7 Å². The molecule has 3 nitrogen and oxygen atoms in total. The van der Waals surface area contributed by atoms with Gasteiger partial charge in [-0.2, -0.15) is 0 Å². The van der Waals surface area contributed by atoms with Gasteiger partial charge in [0.1, 0.15) is 0 Å². The second kappa shape index (κ2) is 5.92. The Bertz CT molecular complexity index is 686. The molecule has 104 valence electrons. The van der Waals surface area contributed by atoms with Crippen molar-refractivity contribution < 1.29 is 4.79 Å². The quantitative estimate of drug-likeness (QED) is 0.778. The molecule has 0 saturated carbocycles. The van der Waals surface area contributed by atoms with Crippen LogP contribution >= 0.6 is 34.8 Å². The van der Waals surface area contributed by atoms with Crippen molar-refractivity contribution in [2.45, 2.75) is 6.92 Å². The second-order valence-corrected chi connectivity index (χ2v) is 5.46. The largest absolute Gasteiger partial charge is 0.398 e. The highest BCUT2D eigenvalue weighted by Gasteiger charge is 2.15. The van der Waals surface area contributed by atoms with Crippen LogP contribution in [0.25, 0.3) is 0 Å². The first-order valence-electron chi connectivity index (χ1n) is 5.71. The summed E-state index contributed by atoms with van der Waals surface area (Å²) in [6.45, 7) is 1.82. The lowest BCUT2D eigenvalue weighted by Gasteiger charge is -2.12. The van der Waals surface area contributed by atoms with Crippen molar-refractivity contribution in [3.05, 3.63) is 56.5 Å². The van der Waals surface area contributed by atoms with Gasteiger partial charge < -0.3 is 11.1 Å². The number of nitrogens with two attached hydrogens (primary N) is 1. The number of carbonyl (C=O) groups excluding carboxylic acids is 1. The van der Waals surface area contributed by atoms with Crippen LogP contribution in [-0.4, -0.2) is 5.91 Å². The molecule has 0 unspecified atom stereocenters. The SMILES string of the molecule is Cc1ccc(Cl)c(NC(=O)c2cc(Cl)ccc2N)c1Cl. The van der Waals surface area contributed by atoms with E-state index < -0.39 is 5.91 Å². The fourth-order valence-electron chi connectivity index (χ4n) is 1.68. The Morgan fingerprint density at radius 2 is 1.85 bits per heavy atom. The molecule has 0 aromatic heterocycles. The minimum Gasteiger partial charge on any atom is -0.398 e. The maximum atomic E-state index is 12.2. The number of hydrogen-bond donors (Lipinski definition) is 2. The first-order valence-corrected chi connectivity index (χ1v) is 6.84. The fraction of sp³-hybridized carbons (Fsp3) is 0.0714. The van der Waals surface area contributed by atoms with E-state index in [4.69, 9.17) is 40.5 Å². The van der Waals surface area contributed by atoms with E-state index >= 15 is 0 Å². The fourth-order valence-corrected chi connectivity index (χ4v) is 2.31. The van der Waals surface area contributed by atoms with E-state index in [9.17, 15) is 4.79 Å². The molecule has 0 radical (unpaired) electrons. The molecule has 0 bridgehead atoms. The molecular weight excluding hydrogens is 319 g/mol. The molecule has 2 rings (SSSR count). The van der Waals surface area contributed by atoms with Crippen molar-refractivity contribution in [1.29, 1.82) is 0 Å². The summed E-state index contributed by atoms with van der Waals surface area (Å²) >= 11 is 18.1. The van der Waals surface area contributed by atoms with E-state index in [2.05, 4.69) is 5.32 Å². The van der Waals surface area contributed by atoms with Gasteiger partial charge in [-0.25, -0.2) is 0 Å². The lowest BCUT2D eigenvalue weighted by Crippen LogP contribution is -2.15. The van der Waals surface area contributed by atoms with Crippen LogP contribution in [0, 0.1) is 6.92 Å². The molecule has 6 heteroatoms. The number of aryl methyl sites for hydroxylation is 1. The Balaban J connectivity index is 2.38. The molecule has 0 aliphatic rings. The summed E-state index contributed by atoms with van der Waals surface area (Å²) in [6.07, 6.45) is 0. The highest BCUT2D eigenvalue weighted by atomic mass is 35.5. The number of nitrogen functional groups attached to an aromatic ring is 1. The third kappa shape index (κ3) is 3.01. The van der Waals surface area contributed by atoms with Crippen LogP contribution in [0.1, 0.15) is 15.9 Å². The average molecular weight is 330 g/mol. The van der Waals surface area contributed by atoms with Crippen molar-refractivity contribution in [3.8, 4) is 0 Å². The molecular formula is C14H11Cl3N2O. The molecule has 2 aromatic carbocycles. The minimum absolute atomic E-state index is 0.270. The first kappa shape index (κ1) is 15.0. The highest BCUT2D eigenvalue weighted by molar-refractivity contribution is 6.40. The Labute approximate surface area is 131 Å². The summed E-state index contributed by atoms with van der Waals surface area (Å²) in [5, 5.41) is 3.84. The Kier molecular flexibility index (Phi) is 4.43. The number of anilines is 2. The molecule has 3 N–H and O–H groups in total. The van der Waals surface area contributed by atoms with Crippen molar-refractivity contribution in [1.82, 2.24) is 0 Å². The summed E-state index contributed by atoms with van der Waals surface area (Å²) < 4.78 is 0. The van der Waals surface area contributed by atoms with E-state index in [1.54, 1.807) is 24.3 Å². The number of hydrogen-bond acceptors (Lipinski definition) is 2. The summed E-state index contributed by atoms with van der Waals surface area (Å²) in [7, 11) is 0. The van der Waals surface area contributed by atoms with Gasteiger partial charge in [0.25, 0.3) is 5.91 Å². The van der Waals surface area contributed by atoms with E-state index in [-0.39, 0.29) is 5.56 Å². The van der Waals surface area contributed by atoms with Crippen LogP contribution in [-0.2, 0) is 0 Å². The number of nitrogens with one attached hydrogen (secondary N) is 1. The van der Waals surface area contributed by atoms with Crippen LogP contribution in [0.5, 0.6) is 0 Å². The highest BCUT2D eigenvalue weighted by Crippen LogP contribution is 2.33. The maximum absolute atomic E-state index is 12.2. The summed E-state index contributed by atoms with van der Waals surface area (Å²) in [5.74, 6) is -0.417. The molecule has 0 aliphatic heterocycles. The molecule has 0 heterocycles. The zero-order valence-corrected chi connectivity index (χ0v) is 12.8. The first-order chi connectivity index (χ1) is 9.40. The van der Waals surface area contributed by atoms with Crippen LogP contribution < -0.4 is 11.1 Å². The van der Waals surface area contributed by atoms with E-state index in [1.807, 2.05) is 6.92 Å². The molecule has 0 saturated heterocycles. The zero-order chi connectivity index (χ0) is 14.9. The third-order valence-electron chi connectivity index (χ3n) is 2.78. The van der Waals surface area contributed by atoms with Crippen molar-refractivity contribution >= 4 is 52.1 Å². The molecule has 1 amide bonds. The topological polar surface area (TPSA) is 55.1 Å². The monoisotopic (exact) mass is 328 g/mol. The van der Waals surface area contributed by atoms with E-state index in [0.717, 1.165) is 5.56 Å². The normalized spacial score (nSPS) is 10.4. The number of carbonyl (C=O) groups is 1. The van der Waals surface area contributed by atoms with Gasteiger partial charge in [0.15, 0.2) is 0 Å². The van der Waals surface area contributed by atoms with Gasteiger partial charge >= 0.3 is 0 Å². The third-order valence-corrected chi connectivity index (χ3v) is 3.82. The van der Waals surface area contributed by atoms with Gasteiger partial charge in [0.05, 0.1) is 21.3 Å². The van der Waals surface area contributed by atoms with E-state index in [1.165, 1.54) is 6.07 Å². The summed E-state index contributed by atoms with van der Waals surface area (Å²) in [5.41, 5.74) is 7.53. The molecule has 0 fully saturated rings. The van der Waals surface area contributed by atoms with Crippen LogP contribution in [0.2, 0.25) is 15.1 Å². The number of amides is 1. The van der Waals surface area contributed by atoms with Gasteiger partial charge in [-0.1, -0.05) is 40.9 Å². The van der Waals surface area contributed by atoms with Gasteiger partial charge in [-0.3, -0.25) is 4.79 Å². The van der Waals surface area contributed by atoms with Crippen molar-refractivity contribution in [3.63, 3.8) is 0 Å². The van der Waals surface area contributed by atoms with Gasteiger partial charge in [-0.15, -0.1) is 0 Å². The van der Waals surface area contributed by atoms with Crippen molar-refractivity contribution in [2.75, 3.05) is 11.1 Å². The lowest BCUT2D eigenvalue weighted by molar-refractivity contribution is 0.102. The Morgan fingerprint density at radius 3 is 2.55 bits per heavy atom. The molecule has 2 aromatic rings. The van der Waals surface area contributed by atoms with Crippen molar-refractivity contribution in [2.24, 2.45) is 0 Å². The van der Waals surface area contributed by atoms with Crippen LogP contribution in [0.4, 0.5) is 11.4 Å². The maximum Gasteiger partial charge on any atom is 0.257 e. The molecule has 20 heavy (non-hydrogen) atoms. The van der Waals surface area contributed by atoms with Gasteiger partial charge in [0.2, 0.25) is 0 Å². The Morgan fingerprint density at radius 1 is 1.15 bits per heavy atom. The van der Waals surface area contributed by atoms with Crippen LogP contribution in [0.15, 0.2) is 30.3 Å². The Hall–Kier alpha value is -1.42. The predicted molar refractivity (Wildman–Crippen MR) is 85.0 cm³/mol. The lowest BCUT2D eigenvalue weighted by atomic mass is 10.1. The number of halogens is 3. The summed E-state index contributed by atoms with van der Waals surface area (Å²) in [6, 6.07) is 8.11. The second-order valence-electron chi connectivity index (χ2n) is 4.24. The molecule has 0 atom stereocenters. The minimum atomic E-state index is -0.417. The zero-order valence-electron chi connectivity index (χ0n) is 10.5. The molecule has 0 aliphatic carbocycles. The summed E-state index contributed by atoms with van der Waals surface area (Å²) in [4.78, 5) is 12.2. The van der Waals surface area contributed by atoms with Crippen LogP contribution in [0.3, 0.4) is 0 Å². The number of rotatable bonds is 2. The number of benzene rings is 2. The van der Waals surface area contributed by atoms with Gasteiger partial charge in [-0.05, 0) is 36.8 Å². The molecule has 0 spiro atoms. The standard InChI is InChI=1S/C14H11Cl3N2O/c1-7-2-4-10(16)13(12(7)17)19-14(20)9-6-8(15)3-5-11(9)18/h2-6H,18H2,1H3,(H,19,20).